The van der Waals surface area contributed by atoms with Crippen LogP contribution >= 0.6 is 11.6 Å². The molecule has 4 nitrogen and oxygen atoms in total. The number of hydrogen-bond donors (Lipinski definition) is 1. The quantitative estimate of drug-likeness (QED) is 0.933. The second kappa shape index (κ2) is 6.29. The molecule has 0 radical (unpaired) electrons. The molecule has 0 bridgehead atoms. The highest BCUT2D eigenvalue weighted by Crippen LogP contribution is 2.05. The predicted octanol–water partition coefficient (Wildman–Crippen LogP) is 2.49. The standard InChI is InChI=1S/C14H14ClN3O/c1-10(9-11-5-3-2-4-6-11)16-14(19)12-7-8-13(15)18-17-12/h2-8,10H,9H2,1H3,(H,16,19). The van der Waals surface area contributed by atoms with Gasteiger partial charge < -0.3 is 5.32 Å². The lowest BCUT2D eigenvalue weighted by atomic mass is 10.1. The summed E-state index contributed by atoms with van der Waals surface area (Å²) < 4.78 is 0. The molecule has 2 aromatic rings. The Hall–Kier alpha value is -1.94. The second-order valence-corrected chi connectivity index (χ2v) is 4.69. The van der Waals surface area contributed by atoms with Gasteiger partial charge in [0.1, 0.15) is 0 Å². The Labute approximate surface area is 116 Å². The maximum absolute atomic E-state index is 11.9. The smallest absolute Gasteiger partial charge is 0.272 e. The summed E-state index contributed by atoms with van der Waals surface area (Å²) in [6, 6.07) is 13.1. The summed E-state index contributed by atoms with van der Waals surface area (Å²) in [5.41, 5.74) is 1.45. The average molecular weight is 276 g/mol. The Kier molecular flexibility index (Phi) is 4.47. The van der Waals surface area contributed by atoms with Gasteiger partial charge in [-0.15, -0.1) is 10.2 Å². The number of aromatic nitrogens is 2. The van der Waals surface area contributed by atoms with Gasteiger partial charge in [0.15, 0.2) is 10.8 Å². The van der Waals surface area contributed by atoms with Crippen molar-refractivity contribution in [3.05, 3.63) is 58.9 Å². The van der Waals surface area contributed by atoms with Gasteiger partial charge in [0, 0.05) is 6.04 Å². The maximum Gasteiger partial charge on any atom is 0.272 e. The van der Waals surface area contributed by atoms with Crippen LogP contribution in [0.5, 0.6) is 0 Å². The van der Waals surface area contributed by atoms with Crippen molar-refractivity contribution < 1.29 is 4.79 Å². The van der Waals surface area contributed by atoms with E-state index < -0.39 is 0 Å². The van der Waals surface area contributed by atoms with Crippen molar-refractivity contribution >= 4 is 17.5 Å². The molecule has 0 aliphatic carbocycles. The van der Waals surface area contributed by atoms with E-state index in [0.717, 1.165) is 6.42 Å². The molecule has 1 amide bonds. The van der Waals surface area contributed by atoms with Gasteiger partial charge in [0.25, 0.3) is 5.91 Å². The normalized spacial score (nSPS) is 11.9. The Balaban J connectivity index is 1.93. The first kappa shape index (κ1) is 13.5. The van der Waals surface area contributed by atoms with Crippen LogP contribution in [-0.2, 0) is 6.42 Å². The zero-order valence-electron chi connectivity index (χ0n) is 10.5. The number of nitrogens with one attached hydrogen (secondary N) is 1. The number of rotatable bonds is 4. The molecule has 0 aliphatic rings. The van der Waals surface area contributed by atoms with E-state index in [-0.39, 0.29) is 22.8 Å². The second-order valence-electron chi connectivity index (χ2n) is 4.31. The monoisotopic (exact) mass is 275 g/mol. The van der Waals surface area contributed by atoms with Gasteiger partial charge in [-0.25, -0.2) is 0 Å². The Morgan fingerprint density at radius 2 is 1.95 bits per heavy atom. The number of carbonyl (C=O) groups excluding carboxylic acids is 1. The fraction of sp³-hybridized carbons (Fsp3) is 0.214. The molecule has 2 rings (SSSR count). The zero-order valence-corrected chi connectivity index (χ0v) is 11.3. The highest BCUT2D eigenvalue weighted by atomic mass is 35.5. The minimum absolute atomic E-state index is 0.0207. The van der Waals surface area contributed by atoms with E-state index in [4.69, 9.17) is 11.6 Å². The van der Waals surface area contributed by atoms with Gasteiger partial charge in [-0.2, -0.15) is 0 Å². The minimum atomic E-state index is -0.243. The first-order valence-electron chi connectivity index (χ1n) is 5.99. The van der Waals surface area contributed by atoms with E-state index in [0.29, 0.717) is 0 Å². The largest absolute Gasteiger partial charge is 0.348 e. The summed E-state index contributed by atoms with van der Waals surface area (Å²) >= 11 is 5.62. The van der Waals surface area contributed by atoms with Crippen molar-refractivity contribution in [3.63, 3.8) is 0 Å². The molecule has 1 aromatic heterocycles. The number of carbonyl (C=O) groups is 1. The third-order valence-corrected chi connectivity index (χ3v) is 2.83. The highest BCUT2D eigenvalue weighted by molar-refractivity contribution is 6.29. The molecule has 0 saturated heterocycles. The molecule has 1 aromatic carbocycles. The first-order chi connectivity index (χ1) is 9.15. The Bertz CT molecular complexity index is 542. The molecule has 1 heterocycles. The summed E-state index contributed by atoms with van der Waals surface area (Å²) in [4.78, 5) is 11.9. The first-order valence-corrected chi connectivity index (χ1v) is 6.37. The SMILES string of the molecule is CC(Cc1ccccc1)NC(=O)c1ccc(Cl)nn1. The van der Waals surface area contributed by atoms with Crippen molar-refractivity contribution in [1.29, 1.82) is 0 Å². The van der Waals surface area contributed by atoms with Crippen molar-refractivity contribution in [2.45, 2.75) is 19.4 Å². The topological polar surface area (TPSA) is 54.9 Å². The van der Waals surface area contributed by atoms with Crippen LogP contribution in [0.2, 0.25) is 5.15 Å². The van der Waals surface area contributed by atoms with E-state index in [2.05, 4.69) is 15.5 Å². The molecule has 0 aliphatic heterocycles. The van der Waals surface area contributed by atoms with Gasteiger partial charge in [-0.05, 0) is 31.0 Å². The Morgan fingerprint density at radius 3 is 2.58 bits per heavy atom. The third kappa shape index (κ3) is 4.03. The van der Waals surface area contributed by atoms with Gasteiger partial charge in [-0.1, -0.05) is 41.9 Å². The molecular formula is C14H14ClN3O. The average Bonchev–Trinajstić information content (AvgIpc) is 2.40. The molecule has 0 saturated carbocycles. The summed E-state index contributed by atoms with van der Waals surface area (Å²) in [7, 11) is 0. The number of nitrogens with zero attached hydrogens (tertiary/aromatic N) is 2. The molecule has 1 unspecified atom stereocenters. The summed E-state index contributed by atoms with van der Waals surface area (Å²) in [6.07, 6.45) is 0.771. The Morgan fingerprint density at radius 1 is 1.21 bits per heavy atom. The van der Waals surface area contributed by atoms with Crippen molar-refractivity contribution in [3.8, 4) is 0 Å². The molecule has 5 heteroatoms. The number of amides is 1. The summed E-state index contributed by atoms with van der Waals surface area (Å²) in [5, 5.41) is 10.5. The molecule has 1 atom stereocenters. The van der Waals surface area contributed by atoms with Crippen molar-refractivity contribution in [1.82, 2.24) is 15.5 Å². The molecular weight excluding hydrogens is 262 g/mol. The minimum Gasteiger partial charge on any atom is -0.348 e. The van der Waals surface area contributed by atoms with Gasteiger partial charge in [0.2, 0.25) is 0 Å². The lowest BCUT2D eigenvalue weighted by Gasteiger charge is -2.13. The number of hydrogen-bond acceptors (Lipinski definition) is 3. The van der Waals surface area contributed by atoms with Gasteiger partial charge >= 0.3 is 0 Å². The van der Waals surface area contributed by atoms with Crippen LogP contribution in [0.15, 0.2) is 42.5 Å². The van der Waals surface area contributed by atoms with Gasteiger partial charge in [0.05, 0.1) is 0 Å². The van der Waals surface area contributed by atoms with Crippen molar-refractivity contribution in [2.24, 2.45) is 0 Å². The predicted molar refractivity (Wildman–Crippen MR) is 74.1 cm³/mol. The third-order valence-electron chi connectivity index (χ3n) is 2.63. The fourth-order valence-corrected chi connectivity index (χ4v) is 1.85. The maximum atomic E-state index is 11.9. The summed E-state index contributed by atoms with van der Waals surface area (Å²) in [6.45, 7) is 1.95. The van der Waals surface area contributed by atoms with Gasteiger partial charge in [-0.3, -0.25) is 4.79 Å². The van der Waals surface area contributed by atoms with Crippen LogP contribution in [0.4, 0.5) is 0 Å². The van der Waals surface area contributed by atoms with Crippen LogP contribution in [0, 0.1) is 0 Å². The molecule has 19 heavy (non-hydrogen) atoms. The molecule has 0 fully saturated rings. The van der Waals surface area contributed by atoms with E-state index in [1.54, 1.807) is 12.1 Å². The summed E-state index contributed by atoms with van der Waals surface area (Å²) in [5.74, 6) is -0.243. The molecule has 0 spiro atoms. The van der Waals surface area contributed by atoms with Crippen LogP contribution in [0.3, 0.4) is 0 Å². The van der Waals surface area contributed by atoms with E-state index >= 15 is 0 Å². The van der Waals surface area contributed by atoms with Crippen LogP contribution in [0.1, 0.15) is 23.0 Å². The fourth-order valence-electron chi connectivity index (χ4n) is 1.75. The number of benzene rings is 1. The van der Waals surface area contributed by atoms with Crippen molar-refractivity contribution in [2.75, 3.05) is 0 Å². The van der Waals surface area contributed by atoms with E-state index in [1.165, 1.54) is 5.56 Å². The van der Waals surface area contributed by atoms with E-state index in [1.807, 2.05) is 37.3 Å². The highest BCUT2D eigenvalue weighted by Gasteiger charge is 2.11. The number of halogens is 1. The molecule has 98 valence electrons. The van der Waals surface area contributed by atoms with E-state index in [9.17, 15) is 4.79 Å². The zero-order chi connectivity index (χ0) is 13.7. The lowest BCUT2D eigenvalue weighted by Crippen LogP contribution is -2.34. The van der Waals surface area contributed by atoms with Crippen LogP contribution in [-0.4, -0.2) is 22.1 Å². The van der Waals surface area contributed by atoms with Crippen LogP contribution < -0.4 is 5.32 Å². The lowest BCUT2D eigenvalue weighted by molar-refractivity contribution is 0.0934. The van der Waals surface area contributed by atoms with Crippen LogP contribution in [0.25, 0.3) is 0 Å². The molecule has 1 N–H and O–H groups in total.